The van der Waals surface area contributed by atoms with E-state index in [0.29, 0.717) is 0 Å². The Morgan fingerprint density at radius 1 is 0.875 bits per heavy atom. The smallest absolute Gasteiger partial charge is 0.0705 e. The summed E-state index contributed by atoms with van der Waals surface area (Å²) >= 11 is 0. The standard InChI is InChI=1S/C22H26N2/c1-8-11-13-19-17(6)18(10-3)21(23-19)22-16(5)15(4)20(24(22)7)14-12-9-2/h8-14,23H,1-3H2,4-7H3/b13-11-,14-12-. The lowest BCUT2D eigenvalue weighted by atomic mass is 10.0. The van der Waals surface area contributed by atoms with E-state index in [9.17, 15) is 0 Å². The number of hydrogen-bond donors (Lipinski definition) is 1. The molecule has 124 valence electrons. The predicted octanol–water partition coefficient (Wildman–Crippen LogP) is 5.99. The molecule has 1 N–H and O–H groups in total. The Hall–Kier alpha value is -2.74. The van der Waals surface area contributed by atoms with Gasteiger partial charge in [-0.3, -0.25) is 0 Å². The molecule has 0 aliphatic carbocycles. The van der Waals surface area contributed by atoms with Crippen molar-refractivity contribution < 1.29 is 0 Å². The van der Waals surface area contributed by atoms with E-state index in [1.54, 1.807) is 12.2 Å². The number of aromatic nitrogens is 2. The van der Waals surface area contributed by atoms with E-state index < -0.39 is 0 Å². The van der Waals surface area contributed by atoms with Crippen molar-refractivity contribution in [3.05, 3.63) is 77.7 Å². The van der Waals surface area contributed by atoms with Crippen molar-refractivity contribution in [2.24, 2.45) is 7.05 Å². The lowest BCUT2D eigenvalue weighted by Crippen LogP contribution is -1.96. The summed E-state index contributed by atoms with van der Waals surface area (Å²) in [6.07, 6.45) is 13.6. The summed E-state index contributed by atoms with van der Waals surface area (Å²) in [4.78, 5) is 3.56. The summed E-state index contributed by atoms with van der Waals surface area (Å²) in [7, 11) is 2.10. The molecule has 0 aromatic carbocycles. The Morgan fingerprint density at radius 3 is 2.08 bits per heavy atom. The fourth-order valence-corrected chi connectivity index (χ4v) is 3.15. The second-order valence-electron chi connectivity index (χ2n) is 5.89. The van der Waals surface area contributed by atoms with Crippen LogP contribution in [-0.4, -0.2) is 9.55 Å². The van der Waals surface area contributed by atoms with E-state index in [4.69, 9.17) is 0 Å². The molecule has 0 saturated carbocycles. The van der Waals surface area contributed by atoms with Crippen LogP contribution in [0.3, 0.4) is 0 Å². The van der Waals surface area contributed by atoms with Gasteiger partial charge in [0.15, 0.2) is 0 Å². The highest BCUT2D eigenvalue weighted by molar-refractivity contribution is 5.80. The van der Waals surface area contributed by atoms with Crippen molar-refractivity contribution in [1.82, 2.24) is 9.55 Å². The van der Waals surface area contributed by atoms with Crippen LogP contribution >= 0.6 is 0 Å². The molecule has 0 aliphatic rings. The van der Waals surface area contributed by atoms with Crippen molar-refractivity contribution in [3.63, 3.8) is 0 Å². The lowest BCUT2D eigenvalue weighted by Gasteiger charge is -2.07. The summed E-state index contributed by atoms with van der Waals surface area (Å²) in [5, 5.41) is 0. The molecule has 0 radical (unpaired) electrons. The maximum Gasteiger partial charge on any atom is 0.0705 e. The van der Waals surface area contributed by atoms with E-state index in [1.807, 2.05) is 24.3 Å². The molecule has 2 heterocycles. The van der Waals surface area contributed by atoms with Crippen LogP contribution in [0, 0.1) is 20.8 Å². The van der Waals surface area contributed by atoms with Gasteiger partial charge >= 0.3 is 0 Å². The van der Waals surface area contributed by atoms with E-state index in [2.05, 4.69) is 63.2 Å². The number of allylic oxidation sites excluding steroid dienone is 4. The largest absolute Gasteiger partial charge is 0.353 e. The van der Waals surface area contributed by atoms with Crippen molar-refractivity contribution >= 4 is 18.2 Å². The lowest BCUT2D eigenvalue weighted by molar-refractivity contribution is 0.913. The van der Waals surface area contributed by atoms with Crippen LogP contribution in [0.5, 0.6) is 0 Å². The van der Waals surface area contributed by atoms with Gasteiger partial charge in [0.25, 0.3) is 0 Å². The monoisotopic (exact) mass is 318 g/mol. The molecule has 0 aliphatic heterocycles. The summed E-state index contributed by atoms with van der Waals surface area (Å²) in [5.74, 6) is 0. The third-order valence-corrected chi connectivity index (χ3v) is 4.57. The predicted molar refractivity (Wildman–Crippen MR) is 108 cm³/mol. The minimum atomic E-state index is 1.08. The summed E-state index contributed by atoms with van der Waals surface area (Å²) < 4.78 is 2.23. The van der Waals surface area contributed by atoms with Gasteiger partial charge in [-0.2, -0.15) is 0 Å². The average Bonchev–Trinajstić information content (AvgIpc) is 2.98. The Bertz CT molecular complexity index is 851. The van der Waals surface area contributed by atoms with Gasteiger partial charge in [0.05, 0.1) is 11.4 Å². The van der Waals surface area contributed by atoms with Gasteiger partial charge in [-0.25, -0.2) is 0 Å². The van der Waals surface area contributed by atoms with Gasteiger partial charge in [0, 0.05) is 24.0 Å². The van der Waals surface area contributed by atoms with Gasteiger partial charge in [-0.05, 0) is 49.6 Å². The molecule has 2 aromatic rings. The Kier molecular flexibility index (Phi) is 5.30. The first kappa shape index (κ1) is 17.6. The number of nitrogens with zero attached hydrogens (tertiary/aromatic N) is 1. The maximum absolute atomic E-state index is 4.01. The first-order chi connectivity index (χ1) is 11.5. The molecule has 2 aromatic heterocycles. The molecular weight excluding hydrogens is 292 g/mol. The molecule has 0 saturated heterocycles. The highest BCUT2D eigenvalue weighted by Gasteiger charge is 2.20. The minimum Gasteiger partial charge on any atom is -0.353 e. The summed E-state index contributed by atoms with van der Waals surface area (Å²) in [6.45, 7) is 18.0. The maximum atomic E-state index is 4.01. The van der Waals surface area contributed by atoms with Crippen LogP contribution in [0.1, 0.15) is 33.6 Å². The second-order valence-corrected chi connectivity index (χ2v) is 5.89. The molecule has 0 amide bonds. The highest BCUT2D eigenvalue weighted by Crippen LogP contribution is 2.35. The zero-order valence-corrected chi connectivity index (χ0v) is 15.1. The van der Waals surface area contributed by atoms with Crippen LogP contribution in [-0.2, 0) is 7.05 Å². The van der Waals surface area contributed by atoms with Crippen LogP contribution in [0.25, 0.3) is 29.6 Å². The highest BCUT2D eigenvalue weighted by atomic mass is 15.0. The van der Waals surface area contributed by atoms with Crippen molar-refractivity contribution in [2.45, 2.75) is 20.8 Å². The fourth-order valence-electron chi connectivity index (χ4n) is 3.15. The quantitative estimate of drug-likeness (QED) is 0.632. The zero-order chi connectivity index (χ0) is 17.9. The van der Waals surface area contributed by atoms with Gasteiger partial charge in [-0.15, -0.1) is 0 Å². The van der Waals surface area contributed by atoms with Crippen LogP contribution in [0.4, 0.5) is 0 Å². The third kappa shape index (κ3) is 2.88. The molecule has 2 rings (SSSR count). The topological polar surface area (TPSA) is 20.7 Å². The van der Waals surface area contributed by atoms with Crippen molar-refractivity contribution in [2.75, 3.05) is 0 Å². The van der Waals surface area contributed by atoms with Crippen LogP contribution < -0.4 is 0 Å². The number of nitrogens with one attached hydrogen (secondary N) is 1. The molecule has 0 spiro atoms. The molecule has 2 heteroatoms. The fraction of sp³-hybridized carbons (Fsp3) is 0.182. The van der Waals surface area contributed by atoms with Gasteiger partial charge in [-0.1, -0.05) is 50.1 Å². The Balaban J connectivity index is 2.75. The Labute approximate surface area is 145 Å². The molecule has 0 fully saturated rings. The minimum absolute atomic E-state index is 1.08. The second kappa shape index (κ2) is 7.22. The molecule has 0 atom stereocenters. The van der Waals surface area contributed by atoms with Crippen LogP contribution in [0.15, 0.2) is 44.0 Å². The summed E-state index contributed by atoms with van der Waals surface area (Å²) in [6, 6.07) is 0. The summed E-state index contributed by atoms with van der Waals surface area (Å²) in [5.41, 5.74) is 9.44. The number of hydrogen-bond acceptors (Lipinski definition) is 0. The first-order valence-corrected chi connectivity index (χ1v) is 8.07. The van der Waals surface area contributed by atoms with Gasteiger partial charge in [0.2, 0.25) is 0 Å². The SMILES string of the molecule is C=C/C=C\c1[nH]c(-c2c(C)c(C)c(/C=C\C=C)n2C)c(C=C)c1C. The molecular formula is C22H26N2. The van der Waals surface area contributed by atoms with Crippen molar-refractivity contribution in [3.8, 4) is 11.4 Å². The zero-order valence-electron chi connectivity index (χ0n) is 15.1. The van der Waals surface area contributed by atoms with Crippen molar-refractivity contribution in [1.29, 1.82) is 0 Å². The first-order valence-electron chi connectivity index (χ1n) is 8.07. The average molecular weight is 318 g/mol. The van der Waals surface area contributed by atoms with E-state index >= 15 is 0 Å². The third-order valence-electron chi connectivity index (χ3n) is 4.57. The molecule has 0 unspecified atom stereocenters. The van der Waals surface area contributed by atoms with E-state index in [0.717, 1.165) is 17.0 Å². The number of H-pyrrole nitrogens is 1. The van der Waals surface area contributed by atoms with E-state index in [1.165, 1.54) is 28.1 Å². The van der Waals surface area contributed by atoms with E-state index in [-0.39, 0.29) is 0 Å². The Morgan fingerprint density at radius 2 is 1.50 bits per heavy atom. The van der Waals surface area contributed by atoms with Gasteiger partial charge < -0.3 is 9.55 Å². The number of rotatable bonds is 6. The van der Waals surface area contributed by atoms with Gasteiger partial charge in [0.1, 0.15) is 0 Å². The normalized spacial score (nSPS) is 11.5. The van der Waals surface area contributed by atoms with Crippen LogP contribution in [0.2, 0.25) is 0 Å². The molecule has 24 heavy (non-hydrogen) atoms. The molecule has 2 nitrogen and oxygen atoms in total. The molecule has 0 bridgehead atoms. The number of aromatic amines is 1.